The summed E-state index contributed by atoms with van der Waals surface area (Å²) in [4.78, 5) is 53.7. The summed E-state index contributed by atoms with van der Waals surface area (Å²) < 4.78 is 24.3. The van der Waals surface area contributed by atoms with E-state index in [4.69, 9.17) is 9.47 Å². The van der Waals surface area contributed by atoms with Crippen molar-refractivity contribution in [2.24, 2.45) is 5.92 Å². The molecular weight excluding hydrogens is 593 g/mol. The monoisotopic (exact) mass is 631 g/mol. The molecule has 1 aromatic heterocycles. The Labute approximate surface area is 262 Å². The van der Waals surface area contributed by atoms with Crippen LogP contribution in [-0.2, 0) is 43.1 Å². The number of para-hydroxylation sites is 1. The number of rotatable bonds is 15. The Morgan fingerprint density at radius 2 is 1.58 bits per heavy atom. The number of carbonyl (C=O) groups is 3. The maximum absolute atomic E-state index is 14.0. The molecule has 0 spiro atoms. The second-order valence-corrected chi connectivity index (χ2v) is 13.2. The second kappa shape index (κ2) is 15.9. The van der Waals surface area contributed by atoms with Crippen LogP contribution >= 0.6 is 7.37 Å². The van der Waals surface area contributed by atoms with Crippen LogP contribution in [0.1, 0.15) is 23.1 Å². The summed E-state index contributed by atoms with van der Waals surface area (Å²) in [5.41, 5.74) is 3.16. The van der Waals surface area contributed by atoms with Gasteiger partial charge in [0.1, 0.15) is 18.4 Å². The molecule has 1 heterocycles. The molecule has 10 nitrogen and oxygen atoms in total. The van der Waals surface area contributed by atoms with E-state index in [1.165, 1.54) is 13.2 Å². The van der Waals surface area contributed by atoms with Crippen molar-refractivity contribution in [3.63, 3.8) is 0 Å². The van der Waals surface area contributed by atoms with Crippen LogP contribution in [0.4, 0.5) is 4.79 Å². The van der Waals surface area contributed by atoms with Crippen molar-refractivity contribution >= 4 is 36.2 Å². The molecule has 3 aromatic carbocycles. The smallest absolute Gasteiger partial charge is 0.408 e. The van der Waals surface area contributed by atoms with Gasteiger partial charge >= 0.3 is 12.1 Å². The topological polar surface area (TPSA) is 147 Å². The molecule has 4 aromatic rings. The lowest BCUT2D eigenvalue weighted by molar-refractivity contribution is -0.145. The first-order chi connectivity index (χ1) is 21.7. The summed E-state index contributed by atoms with van der Waals surface area (Å²) >= 11 is 0. The van der Waals surface area contributed by atoms with Crippen molar-refractivity contribution in [2.45, 2.75) is 37.7 Å². The van der Waals surface area contributed by atoms with Crippen LogP contribution in [-0.4, -0.2) is 52.9 Å². The van der Waals surface area contributed by atoms with E-state index < -0.39 is 49.2 Å². The average molecular weight is 632 g/mol. The number of nitrogens with one attached hydrogen (secondary N) is 3. The molecular formula is C34H38N3O7P. The first kappa shape index (κ1) is 33.2. The van der Waals surface area contributed by atoms with E-state index in [1.54, 1.807) is 42.6 Å². The summed E-state index contributed by atoms with van der Waals surface area (Å²) in [6.45, 7) is 3.70. The number of fused-ring (bicyclic) bond motifs is 1. The number of H-pyrrole nitrogens is 1. The van der Waals surface area contributed by atoms with E-state index >= 15 is 0 Å². The quantitative estimate of drug-likeness (QED) is 0.0788. The normalized spacial score (nSPS) is 14.4. The number of benzene rings is 3. The van der Waals surface area contributed by atoms with Gasteiger partial charge in [0.25, 0.3) is 0 Å². The van der Waals surface area contributed by atoms with Crippen LogP contribution in [0.25, 0.3) is 10.9 Å². The largest absolute Gasteiger partial charge is 0.467 e. The fourth-order valence-electron chi connectivity index (χ4n) is 5.09. The van der Waals surface area contributed by atoms with Crippen molar-refractivity contribution in [3.05, 3.63) is 120 Å². The Balaban J connectivity index is 1.50. The Morgan fingerprint density at radius 3 is 2.24 bits per heavy atom. The predicted molar refractivity (Wildman–Crippen MR) is 173 cm³/mol. The van der Waals surface area contributed by atoms with Gasteiger partial charge in [0.05, 0.1) is 13.0 Å². The predicted octanol–water partition coefficient (Wildman–Crippen LogP) is 5.33. The lowest BCUT2D eigenvalue weighted by atomic mass is 10.0. The number of hydrogen-bond acceptors (Lipinski definition) is 6. The van der Waals surface area contributed by atoms with Gasteiger partial charge < -0.3 is 30.0 Å². The molecule has 2 amide bonds. The molecule has 2 unspecified atom stereocenters. The third-order valence-corrected chi connectivity index (χ3v) is 9.71. The minimum atomic E-state index is -4.26. The number of esters is 1. The summed E-state index contributed by atoms with van der Waals surface area (Å²) in [5.74, 6) is -3.52. The number of methoxy groups -OCH3 is 1. The zero-order valence-electron chi connectivity index (χ0n) is 25.1. The van der Waals surface area contributed by atoms with Crippen LogP contribution < -0.4 is 10.6 Å². The molecule has 0 saturated carbocycles. The van der Waals surface area contributed by atoms with Crippen LogP contribution in [0.5, 0.6) is 0 Å². The van der Waals surface area contributed by atoms with Gasteiger partial charge in [-0.05, 0) is 29.2 Å². The summed E-state index contributed by atoms with van der Waals surface area (Å²) in [6.07, 6.45) is 2.16. The van der Waals surface area contributed by atoms with Gasteiger partial charge in [-0.25, -0.2) is 9.59 Å². The van der Waals surface area contributed by atoms with Crippen molar-refractivity contribution in [2.75, 3.05) is 13.3 Å². The van der Waals surface area contributed by atoms with Crippen LogP contribution in [0, 0.1) is 5.92 Å². The van der Waals surface area contributed by atoms with E-state index in [9.17, 15) is 23.8 Å². The van der Waals surface area contributed by atoms with Gasteiger partial charge in [-0.3, -0.25) is 9.36 Å². The van der Waals surface area contributed by atoms with Gasteiger partial charge in [0.2, 0.25) is 13.3 Å². The van der Waals surface area contributed by atoms with E-state index in [0.717, 1.165) is 22.0 Å². The van der Waals surface area contributed by atoms with Gasteiger partial charge in [0, 0.05) is 36.1 Å². The molecule has 4 rings (SSSR count). The van der Waals surface area contributed by atoms with Gasteiger partial charge in [-0.15, -0.1) is 6.58 Å². The molecule has 0 saturated heterocycles. The fourth-order valence-corrected chi connectivity index (χ4v) is 7.09. The molecule has 11 heteroatoms. The number of ether oxygens (including phenoxy) is 2. The van der Waals surface area contributed by atoms with Crippen LogP contribution in [0.2, 0.25) is 0 Å². The number of aromatic amines is 1. The average Bonchev–Trinajstić information content (AvgIpc) is 3.46. The summed E-state index contributed by atoms with van der Waals surface area (Å²) in [7, 11) is -3.03. The van der Waals surface area contributed by atoms with Crippen LogP contribution in [0.15, 0.2) is 104 Å². The minimum Gasteiger partial charge on any atom is -0.467 e. The minimum absolute atomic E-state index is 0.0205. The molecule has 0 aliphatic heterocycles. The third kappa shape index (κ3) is 9.41. The maximum atomic E-state index is 14.0. The Bertz CT molecular complexity index is 1640. The number of aromatic nitrogens is 1. The van der Waals surface area contributed by atoms with Crippen molar-refractivity contribution in [1.82, 2.24) is 15.6 Å². The standard InChI is InChI=1S/C34H38N3O7P/c1-3-12-26(32(38)36-30(33(39)43-2)20-27-21-35-29-18-11-10-17-28(27)29)23-45(41,42)31(19-24-13-6-4-7-14-24)37-34(40)44-22-25-15-8-5-9-16-25/h3-11,13-18,21,26,30-31,35H,1,12,19-20,22-23H2,2H3,(H,36,38)(H,37,40)(H,41,42)/t26?,30-,31+/m0/s1. The molecule has 45 heavy (non-hydrogen) atoms. The Hall–Kier alpha value is -4.66. The van der Waals surface area contributed by atoms with E-state index in [0.29, 0.717) is 5.56 Å². The highest BCUT2D eigenvalue weighted by molar-refractivity contribution is 7.58. The number of allylic oxidation sites excluding steroid dienone is 1. The summed E-state index contributed by atoms with van der Waals surface area (Å²) in [6, 6.07) is 24.5. The molecule has 4 atom stereocenters. The first-order valence-electron chi connectivity index (χ1n) is 14.6. The highest BCUT2D eigenvalue weighted by atomic mass is 31.2. The molecule has 0 aliphatic carbocycles. The fraction of sp³-hybridized carbons (Fsp3) is 0.265. The van der Waals surface area contributed by atoms with Crippen molar-refractivity contribution in [3.8, 4) is 0 Å². The lowest BCUT2D eigenvalue weighted by Gasteiger charge is -2.27. The highest BCUT2D eigenvalue weighted by Gasteiger charge is 2.38. The number of carbonyl (C=O) groups excluding carboxylic acids is 3. The Morgan fingerprint density at radius 1 is 0.933 bits per heavy atom. The van der Waals surface area contributed by atoms with E-state index in [-0.39, 0.29) is 25.9 Å². The second-order valence-electron chi connectivity index (χ2n) is 10.7. The zero-order chi connectivity index (χ0) is 32.2. The molecule has 0 bridgehead atoms. The molecule has 0 aliphatic rings. The zero-order valence-corrected chi connectivity index (χ0v) is 26.0. The number of hydrogen-bond donors (Lipinski definition) is 4. The van der Waals surface area contributed by atoms with Gasteiger partial charge in [-0.2, -0.15) is 0 Å². The van der Waals surface area contributed by atoms with E-state index in [2.05, 4.69) is 22.2 Å². The number of amides is 2. The first-order valence-corrected chi connectivity index (χ1v) is 16.5. The van der Waals surface area contributed by atoms with Gasteiger partial charge in [0.15, 0.2) is 0 Å². The molecule has 236 valence electrons. The molecule has 4 N–H and O–H groups in total. The van der Waals surface area contributed by atoms with E-state index in [1.807, 2.05) is 48.5 Å². The maximum Gasteiger partial charge on any atom is 0.408 e. The summed E-state index contributed by atoms with van der Waals surface area (Å²) in [5, 5.41) is 6.19. The molecule has 0 radical (unpaired) electrons. The SMILES string of the molecule is C=CCC(CP(=O)(O)[C@H](Cc1ccccc1)NC(=O)OCc1ccccc1)C(=O)N[C@@H](Cc1c[nH]c2ccccc12)C(=O)OC. The third-order valence-electron chi connectivity index (χ3n) is 7.46. The lowest BCUT2D eigenvalue weighted by Crippen LogP contribution is -2.46. The number of alkyl carbamates (subject to hydrolysis) is 1. The molecule has 0 fully saturated rings. The highest BCUT2D eigenvalue weighted by Crippen LogP contribution is 2.48. The van der Waals surface area contributed by atoms with Gasteiger partial charge in [-0.1, -0.05) is 84.9 Å². The van der Waals surface area contributed by atoms with Crippen LogP contribution in [0.3, 0.4) is 0 Å². The van der Waals surface area contributed by atoms with Crippen molar-refractivity contribution in [1.29, 1.82) is 0 Å². The van der Waals surface area contributed by atoms with Crippen molar-refractivity contribution < 1.29 is 33.3 Å². The Kier molecular flexibility index (Phi) is 11.7.